The van der Waals surface area contributed by atoms with Crippen LogP contribution < -0.4 is 19.5 Å². The van der Waals surface area contributed by atoms with E-state index in [1.165, 1.54) is 5.56 Å². The first-order chi connectivity index (χ1) is 13.8. The molecule has 0 saturated carbocycles. The number of hydrogen-bond acceptors (Lipinski definition) is 5. The number of pyridine rings is 1. The van der Waals surface area contributed by atoms with E-state index in [2.05, 4.69) is 28.5 Å². The molecule has 5 heteroatoms. The summed E-state index contributed by atoms with van der Waals surface area (Å²) in [5.41, 5.74) is 3.51. The molecule has 2 aromatic carbocycles. The average Bonchev–Trinajstić information content (AvgIpc) is 2.76. The van der Waals surface area contributed by atoms with Crippen LogP contribution >= 0.6 is 0 Å². The molecule has 1 N–H and O–H groups in total. The number of aromatic nitrogens is 1. The number of nitrogens with zero attached hydrogens (tertiary/aromatic N) is 1. The smallest absolute Gasteiger partial charge is 0.161 e. The van der Waals surface area contributed by atoms with Crippen LogP contribution in [0.4, 0.5) is 0 Å². The van der Waals surface area contributed by atoms with Gasteiger partial charge in [0, 0.05) is 18.9 Å². The van der Waals surface area contributed by atoms with E-state index < -0.39 is 0 Å². The highest BCUT2D eigenvalue weighted by Gasteiger charge is 2.06. The lowest BCUT2D eigenvalue weighted by molar-refractivity contribution is 0.284. The first-order valence-electron chi connectivity index (χ1n) is 9.31. The summed E-state index contributed by atoms with van der Waals surface area (Å²) in [6.07, 6.45) is 4.49. The van der Waals surface area contributed by atoms with E-state index in [-0.39, 0.29) is 0 Å². The van der Waals surface area contributed by atoms with Gasteiger partial charge in [-0.25, -0.2) is 0 Å². The zero-order valence-electron chi connectivity index (χ0n) is 16.4. The molecule has 146 valence electrons. The summed E-state index contributed by atoms with van der Waals surface area (Å²) in [4.78, 5) is 4.02. The molecule has 28 heavy (non-hydrogen) atoms. The minimum atomic E-state index is 0.484. The van der Waals surface area contributed by atoms with Gasteiger partial charge in [-0.15, -0.1) is 0 Å². The third kappa shape index (κ3) is 5.72. The van der Waals surface area contributed by atoms with E-state index in [1.54, 1.807) is 26.6 Å². The molecule has 1 heterocycles. The van der Waals surface area contributed by atoms with Crippen molar-refractivity contribution in [3.63, 3.8) is 0 Å². The average molecular weight is 378 g/mol. The van der Waals surface area contributed by atoms with Crippen molar-refractivity contribution < 1.29 is 14.2 Å². The molecule has 1 aromatic heterocycles. The van der Waals surface area contributed by atoms with Gasteiger partial charge in [0.2, 0.25) is 0 Å². The molecule has 0 atom stereocenters. The van der Waals surface area contributed by atoms with Crippen molar-refractivity contribution in [2.75, 3.05) is 20.8 Å². The van der Waals surface area contributed by atoms with Gasteiger partial charge in [-0.1, -0.05) is 18.2 Å². The molecule has 0 aliphatic heterocycles. The Bertz CT molecular complexity index is 851. The largest absolute Gasteiger partial charge is 0.497 e. The van der Waals surface area contributed by atoms with E-state index in [1.807, 2.05) is 36.4 Å². The second-order valence-corrected chi connectivity index (χ2v) is 6.40. The molecule has 0 saturated heterocycles. The van der Waals surface area contributed by atoms with Gasteiger partial charge in [-0.2, -0.15) is 0 Å². The number of ether oxygens (including phenoxy) is 3. The number of methoxy groups -OCH3 is 2. The number of nitrogens with one attached hydrogen (secondary N) is 1. The molecule has 0 aliphatic carbocycles. The lowest BCUT2D eigenvalue weighted by Crippen LogP contribution is -2.16. The Morgan fingerprint density at radius 1 is 0.786 bits per heavy atom. The summed E-state index contributed by atoms with van der Waals surface area (Å²) in [5, 5.41) is 3.47. The Morgan fingerprint density at radius 3 is 2.25 bits per heavy atom. The normalized spacial score (nSPS) is 10.5. The predicted octanol–water partition coefficient (Wildman–Crippen LogP) is 4.01. The lowest BCUT2D eigenvalue weighted by Gasteiger charge is -2.13. The van der Waals surface area contributed by atoms with Crippen molar-refractivity contribution in [1.82, 2.24) is 10.3 Å². The van der Waals surface area contributed by atoms with Crippen molar-refractivity contribution in [1.29, 1.82) is 0 Å². The van der Waals surface area contributed by atoms with Crippen LogP contribution in [0.3, 0.4) is 0 Å². The highest BCUT2D eigenvalue weighted by Crippen LogP contribution is 2.28. The highest BCUT2D eigenvalue weighted by molar-refractivity contribution is 5.43. The Morgan fingerprint density at radius 2 is 1.54 bits per heavy atom. The molecule has 5 nitrogen and oxygen atoms in total. The van der Waals surface area contributed by atoms with Gasteiger partial charge in [0.1, 0.15) is 12.4 Å². The van der Waals surface area contributed by atoms with E-state index >= 15 is 0 Å². The summed E-state index contributed by atoms with van der Waals surface area (Å²) in [6, 6.07) is 18.1. The standard InChI is InChI=1S/C23H26N2O3/c1-26-21-6-3-18(4-7-21)9-14-25-16-20-5-8-22(23(15-20)27-2)28-17-19-10-12-24-13-11-19/h3-8,10-13,15,25H,9,14,16-17H2,1-2H3. The van der Waals surface area contributed by atoms with Crippen LogP contribution in [0.2, 0.25) is 0 Å². The number of rotatable bonds is 10. The SMILES string of the molecule is COc1ccc(CCNCc2ccc(OCc3ccncc3)c(OC)c2)cc1. The van der Waals surface area contributed by atoms with Crippen LogP contribution in [0.1, 0.15) is 16.7 Å². The Kier molecular flexibility index (Phi) is 7.27. The van der Waals surface area contributed by atoms with Crippen molar-refractivity contribution >= 4 is 0 Å². The van der Waals surface area contributed by atoms with Crippen molar-refractivity contribution in [2.45, 2.75) is 19.6 Å². The van der Waals surface area contributed by atoms with E-state index in [4.69, 9.17) is 14.2 Å². The van der Waals surface area contributed by atoms with Crippen molar-refractivity contribution in [3.05, 3.63) is 83.7 Å². The van der Waals surface area contributed by atoms with Crippen LogP contribution in [0.25, 0.3) is 0 Å². The monoisotopic (exact) mass is 378 g/mol. The second kappa shape index (κ2) is 10.3. The van der Waals surface area contributed by atoms with Crippen LogP contribution in [-0.4, -0.2) is 25.7 Å². The summed E-state index contributed by atoms with van der Waals surface area (Å²) in [5.74, 6) is 2.36. The summed E-state index contributed by atoms with van der Waals surface area (Å²) < 4.78 is 16.6. The Labute approximate surface area is 166 Å². The van der Waals surface area contributed by atoms with Crippen LogP contribution in [0.5, 0.6) is 17.2 Å². The molecule has 0 spiro atoms. The van der Waals surface area contributed by atoms with Gasteiger partial charge in [0.25, 0.3) is 0 Å². The summed E-state index contributed by atoms with van der Waals surface area (Å²) in [6.45, 7) is 2.16. The first kappa shape index (κ1) is 19.7. The second-order valence-electron chi connectivity index (χ2n) is 6.40. The zero-order chi connectivity index (χ0) is 19.6. The fourth-order valence-electron chi connectivity index (χ4n) is 2.84. The maximum absolute atomic E-state index is 5.89. The maximum Gasteiger partial charge on any atom is 0.161 e. The fourth-order valence-corrected chi connectivity index (χ4v) is 2.84. The summed E-state index contributed by atoms with van der Waals surface area (Å²) >= 11 is 0. The van der Waals surface area contributed by atoms with Gasteiger partial charge in [0.15, 0.2) is 11.5 Å². The third-order valence-corrected chi connectivity index (χ3v) is 4.45. The van der Waals surface area contributed by atoms with Crippen LogP contribution in [0, 0.1) is 0 Å². The maximum atomic E-state index is 5.89. The van der Waals surface area contributed by atoms with Crippen LogP contribution in [0.15, 0.2) is 67.0 Å². The Balaban J connectivity index is 1.48. The molecular formula is C23H26N2O3. The quantitative estimate of drug-likeness (QED) is 0.540. The predicted molar refractivity (Wildman–Crippen MR) is 110 cm³/mol. The van der Waals surface area contributed by atoms with Gasteiger partial charge in [0.05, 0.1) is 14.2 Å². The molecule has 0 amide bonds. The van der Waals surface area contributed by atoms with Crippen molar-refractivity contribution in [3.8, 4) is 17.2 Å². The van der Waals surface area contributed by atoms with Crippen LogP contribution in [-0.2, 0) is 19.6 Å². The number of benzene rings is 2. The molecule has 0 radical (unpaired) electrons. The Hall–Kier alpha value is -3.05. The van der Waals surface area contributed by atoms with Crippen molar-refractivity contribution in [2.24, 2.45) is 0 Å². The topological polar surface area (TPSA) is 52.6 Å². The van der Waals surface area contributed by atoms with E-state index in [0.717, 1.165) is 47.9 Å². The first-order valence-corrected chi connectivity index (χ1v) is 9.31. The molecule has 0 unspecified atom stereocenters. The highest BCUT2D eigenvalue weighted by atomic mass is 16.5. The molecule has 0 aliphatic rings. The minimum Gasteiger partial charge on any atom is -0.497 e. The molecule has 0 bridgehead atoms. The molecule has 0 fully saturated rings. The van der Waals surface area contributed by atoms with E-state index in [0.29, 0.717) is 6.61 Å². The lowest BCUT2D eigenvalue weighted by atomic mass is 10.1. The fraction of sp³-hybridized carbons (Fsp3) is 0.261. The van der Waals surface area contributed by atoms with Gasteiger partial charge in [-0.3, -0.25) is 4.98 Å². The molecular weight excluding hydrogens is 352 g/mol. The van der Waals surface area contributed by atoms with Gasteiger partial charge >= 0.3 is 0 Å². The molecule has 3 aromatic rings. The number of hydrogen-bond donors (Lipinski definition) is 1. The van der Waals surface area contributed by atoms with Gasteiger partial charge < -0.3 is 19.5 Å². The van der Waals surface area contributed by atoms with E-state index in [9.17, 15) is 0 Å². The van der Waals surface area contributed by atoms with Gasteiger partial charge in [-0.05, 0) is 66.1 Å². The summed E-state index contributed by atoms with van der Waals surface area (Å²) in [7, 11) is 3.34. The molecule has 3 rings (SSSR count). The third-order valence-electron chi connectivity index (χ3n) is 4.45. The zero-order valence-corrected chi connectivity index (χ0v) is 16.4. The minimum absolute atomic E-state index is 0.484.